The normalized spacial score (nSPS) is 12.6. The van der Waals surface area contributed by atoms with Crippen LogP contribution in [0.2, 0.25) is 0 Å². The van der Waals surface area contributed by atoms with Crippen LogP contribution in [0.3, 0.4) is 0 Å². The summed E-state index contributed by atoms with van der Waals surface area (Å²) in [5, 5.41) is 4.18. The minimum atomic E-state index is 0.186. The minimum absolute atomic E-state index is 0.186. The highest BCUT2D eigenvalue weighted by molar-refractivity contribution is 5.30. The molecule has 1 atom stereocenters. The van der Waals surface area contributed by atoms with Gasteiger partial charge in [0.15, 0.2) is 0 Å². The number of hydrogen-bond donors (Lipinski definition) is 1. The summed E-state index contributed by atoms with van der Waals surface area (Å²) >= 11 is 0. The van der Waals surface area contributed by atoms with Crippen LogP contribution in [0.15, 0.2) is 42.6 Å². The van der Waals surface area contributed by atoms with Gasteiger partial charge in [-0.25, -0.2) is 4.68 Å². The first-order valence-electron chi connectivity index (χ1n) is 4.63. The average molecular weight is 187 g/mol. The van der Waals surface area contributed by atoms with Gasteiger partial charge in [-0.05, 0) is 18.6 Å². The second-order valence-corrected chi connectivity index (χ2v) is 3.29. The SMILES string of the molecule is CC(c1ccccc1)n1nccc1N. The first-order valence-corrected chi connectivity index (χ1v) is 4.63. The van der Waals surface area contributed by atoms with Gasteiger partial charge in [-0.3, -0.25) is 0 Å². The summed E-state index contributed by atoms with van der Waals surface area (Å²) in [6.07, 6.45) is 1.72. The molecule has 0 aliphatic heterocycles. The number of anilines is 1. The van der Waals surface area contributed by atoms with Crippen LogP contribution in [-0.4, -0.2) is 9.78 Å². The molecule has 0 aliphatic rings. The lowest BCUT2D eigenvalue weighted by Gasteiger charge is -2.13. The summed E-state index contributed by atoms with van der Waals surface area (Å²) in [6, 6.07) is 12.2. The molecule has 0 spiro atoms. The molecular weight excluding hydrogens is 174 g/mol. The van der Waals surface area contributed by atoms with Crippen LogP contribution in [0.25, 0.3) is 0 Å². The van der Waals surface area contributed by atoms with E-state index in [0.717, 1.165) is 0 Å². The molecule has 0 saturated carbocycles. The van der Waals surface area contributed by atoms with Crippen LogP contribution in [0.4, 0.5) is 5.82 Å². The van der Waals surface area contributed by atoms with E-state index >= 15 is 0 Å². The summed E-state index contributed by atoms with van der Waals surface area (Å²) in [5.74, 6) is 0.696. The summed E-state index contributed by atoms with van der Waals surface area (Å²) in [7, 11) is 0. The molecule has 1 unspecified atom stereocenters. The van der Waals surface area contributed by atoms with Crippen LogP contribution in [0.1, 0.15) is 18.5 Å². The third-order valence-electron chi connectivity index (χ3n) is 2.35. The Morgan fingerprint density at radius 3 is 2.50 bits per heavy atom. The van der Waals surface area contributed by atoms with E-state index in [1.165, 1.54) is 5.56 Å². The predicted octanol–water partition coefficient (Wildman–Crippen LogP) is 2.07. The van der Waals surface area contributed by atoms with Gasteiger partial charge in [-0.1, -0.05) is 30.3 Å². The Labute approximate surface area is 83.2 Å². The topological polar surface area (TPSA) is 43.8 Å². The molecule has 0 saturated heterocycles. The fourth-order valence-corrected chi connectivity index (χ4v) is 1.52. The van der Waals surface area contributed by atoms with Crippen molar-refractivity contribution in [3.8, 4) is 0 Å². The minimum Gasteiger partial charge on any atom is -0.384 e. The predicted molar refractivity (Wildman–Crippen MR) is 56.9 cm³/mol. The van der Waals surface area contributed by atoms with Gasteiger partial charge >= 0.3 is 0 Å². The summed E-state index contributed by atoms with van der Waals surface area (Å²) in [5.41, 5.74) is 6.99. The lowest BCUT2D eigenvalue weighted by Crippen LogP contribution is -2.10. The Morgan fingerprint density at radius 1 is 1.21 bits per heavy atom. The van der Waals surface area contributed by atoms with Gasteiger partial charge < -0.3 is 5.73 Å². The zero-order chi connectivity index (χ0) is 9.97. The van der Waals surface area contributed by atoms with Gasteiger partial charge in [0.2, 0.25) is 0 Å². The van der Waals surface area contributed by atoms with Gasteiger partial charge in [0.05, 0.1) is 12.2 Å². The molecule has 0 bridgehead atoms. The molecule has 1 aromatic heterocycles. The second-order valence-electron chi connectivity index (χ2n) is 3.29. The third-order valence-corrected chi connectivity index (χ3v) is 2.35. The Bertz CT molecular complexity index is 405. The molecule has 3 heteroatoms. The van der Waals surface area contributed by atoms with Gasteiger partial charge in [-0.15, -0.1) is 0 Å². The number of aromatic nitrogens is 2. The largest absolute Gasteiger partial charge is 0.384 e. The molecule has 0 aliphatic carbocycles. The summed E-state index contributed by atoms with van der Waals surface area (Å²) in [6.45, 7) is 2.08. The quantitative estimate of drug-likeness (QED) is 0.782. The van der Waals surface area contributed by atoms with Crippen molar-refractivity contribution in [3.63, 3.8) is 0 Å². The van der Waals surface area contributed by atoms with Crippen molar-refractivity contribution in [2.45, 2.75) is 13.0 Å². The third kappa shape index (κ3) is 1.48. The summed E-state index contributed by atoms with van der Waals surface area (Å²) < 4.78 is 1.81. The monoisotopic (exact) mass is 187 g/mol. The lowest BCUT2D eigenvalue weighted by molar-refractivity contribution is 0.573. The van der Waals surface area contributed by atoms with E-state index in [2.05, 4.69) is 24.2 Å². The van der Waals surface area contributed by atoms with Crippen LogP contribution in [-0.2, 0) is 0 Å². The van der Waals surface area contributed by atoms with Crippen molar-refractivity contribution in [1.29, 1.82) is 0 Å². The Morgan fingerprint density at radius 2 is 1.93 bits per heavy atom. The molecule has 0 fully saturated rings. The van der Waals surface area contributed by atoms with Crippen LogP contribution >= 0.6 is 0 Å². The molecule has 2 rings (SSSR count). The summed E-state index contributed by atoms with van der Waals surface area (Å²) in [4.78, 5) is 0. The maximum absolute atomic E-state index is 5.78. The fourth-order valence-electron chi connectivity index (χ4n) is 1.52. The fraction of sp³-hybridized carbons (Fsp3) is 0.182. The number of hydrogen-bond acceptors (Lipinski definition) is 2. The highest BCUT2D eigenvalue weighted by Crippen LogP contribution is 2.18. The second kappa shape index (κ2) is 3.54. The van der Waals surface area contributed by atoms with Crippen molar-refractivity contribution in [2.75, 3.05) is 5.73 Å². The van der Waals surface area contributed by atoms with Crippen molar-refractivity contribution >= 4 is 5.82 Å². The van der Waals surface area contributed by atoms with E-state index < -0.39 is 0 Å². The average Bonchev–Trinajstić information content (AvgIpc) is 2.65. The van der Waals surface area contributed by atoms with E-state index in [-0.39, 0.29) is 6.04 Å². The van der Waals surface area contributed by atoms with E-state index in [1.54, 1.807) is 12.3 Å². The Balaban J connectivity index is 2.34. The van der Waals surface area contributed by atoms with Crippen molar-refractivity contribution < 1.29 is 0 Å². The Kier molecular flexibility index (Phi) is 2.23. The lowest BCUT2D eigenvalue weighted by atomic mass is 10.1. The zero-order valence-electron chi connectivity index (χ0n) is 8.09. The molecular formula is C11H13N3. The molecule has 72 valence electrons. The van der Waals surface area contributed by atoms with E-state index in [9.17, 15) is 0 Å². The zero-order valence-corrected chi connectivity index (χ0v) is 8.09. The maximum atomic E-state index is 5.78. The number of nitrogens with zero attached hydrogens (tertiary/aromatic N) is 2. The first kappa shape index (κ1) is 8.81. The molecule has 2 N–H and O–H groups in total. The Hall–Kier alpha value is -1.77. The van der Waals surface area contributed by atoms with Crippen LogP contribution in [0.5, 0.6) is 0 Å². The van der Waals surface area contributed by atoms with Crippen molar-refractivity contribution in [2.24, 2.45) is 0 Å². The number of nitrogen functional groups attached to an aromatic ring is 1. The molecule has 2 aromatic rings. The standard InChI is InChI=1S/C11H13N3/c1-9(10-5-3-2-4-6-10)14-11(12)7-8-13-14/h2-9H,12H2,1H3. The highest BCUT2D eigenvalue weighted by atomic mass is 15.3. The van der Waals surface area contributed by atoms with Gasteiger partial charge in [0, 0.05) is 0 Å². The molecule has 14 heavy (non-hydrogen) atoms. The smallest absolute Gasteiger partial charge is 0.122 e. The van der Waals surface area contributed by atoms with Gasteiger partial charge in [-0.2, -0.15) is 5.10 Å². The molecule has 0 amide bonds. The number of rotatable bonds is 2. The molecule has 1 aromatic carbocycles. The van der Waals surface area contributed by atoms with Crippen LogP contribution < -0.4 is 5.73 Å². The van der Waals surface area contributed by atoms with E-state index in [0.29, 0.717) is 5.82 Å². The van der Waals surface area contributed by atoms with Gasteiger partial charge in [0.25, 0.3) is 0 Å². The highest BCUT2D eigenvalue weighted by Gasteiger charge is 2.09. The van der Waals surface area contributed by atoms with Crippen molar-refractivity contribution in [1.82, 2.24) is 9.78 Å². The van der Waals surface area contributed by atoms with Crippen LogP contribution in [0, 0.1) is 0 Å². The first-order chi connectivity index (χ1) is 6.79. The molecule has 3 nitrogen and oxygen atoms in total. The number of benzene rings is 1. The van der Waals surface area contributed by atoms with Gasteiger partial charge in [0.1, 0.15) is 5.82 Å². The van der Waals surface area contributed by atoms with E-state index in [1.807, 2.05) is 22.9 Å². The molecule has 0 radical (unpaired) electrons. The number of nitrogens with two attached hydrogens (primary N) is 1. The maximum Gasteiger partial charge on any atom is 0.122 e. The van der Waals surface area contributed by atoms with E-state index in [4.69, 9.17) is 5.73 Å². The van der Waals surface area contributed by atoms with Crippen molar-refractivity contribution in [3.05, 3.63) is 48.2 Å². The molecule has 1 heterocycles.